The molecule has 17 heavy (non-hydrogen) atoms. The van der Waals surface area contributed by atoms with E-state index in [0.29, 0.717) is 5.41 Å². The van der Waals surface area contributed by atoms with E-state index in [1.54, 1.807) is 0 Å². The summed E-state index contributed by atoms with van der Waals surface area (Å²) in [7, 11) is 0. The molecule has 0 bridgehead atoms. The third-order valence-electron chi connectivity index (χ3n) is 2.80. The van der Waals surface area contributed by atoms with Crippen LogP contribution in [0.15, 0.2) is 36.7 Å². The van der Waals surface area contributed by atoms with Crippen LogP contribution in [-0.4, -0.2) is 9.55 Å². The molecule has 90 valence electrons. The highest BCUT2D eigenvalue weighted by Gasteiger charge is 2.14. The fourth-order valence-electron chi connectivity index (χ4n) is 2.10. The summed E-state index contributed by atoms with van der Waals surface area (Å²) >= 11 is 0. The van der Waals surface area contributed by atoms with Gasteiger partial charge in [0.2, 0.25) is 0 Å². The fraction of sp³-hybridized carbons (Fsp3) is 0.400. The summed E-state index contributed by atoms with van der Waals surface area (Å²) in [6, 6.07) is 8.56. The number of imidazole rings is 1. The van der Waals surface area contributed by atoms with Gasteiger partial charge in [0.15, 0.2) is 0 Å². The molecule has 0 amide bonds. The number of aryl methyl sites for hydroxylation is 1. The minimum atomic E-state index is 0.296. The molecule has 0 aliphatic carbocycles. The molecule has 0 saturated heterocycles. The molecule has 0 atom stereocenters. The van der Waals surface area contributed by atoms with Gasteiger partial charge in [-0.2, -0.15) is 0 Å². The standard InChI is InChI=1S/C15H20N2/c1-12-16-9-10-17(12)14-8-6-5-7-13(14)11-15(2,3)4/h5-10H,11H2,1-4H3. The maximum absolute atomic E-state index is 4.29. The molecule has 2 heteroatoms. The van der Waals surface area contributed by atoms with Gasteiger partial charge >= 0.3 is 0 Å². The van der Waals surface area contributed by atoms with E-state index >= 15 is 0 Å². The lowest BCUT2D eigenvalue weighted by molar-refractivity contribution is 0.410. The Balaban J connectivity index is 2.45. The Morgan fingerprint density at radius 2 is 1.88 bits per heavy atom. The van der Waals surface area contributed by atoms with Crippen LogP contribution in [0.4, 0.5) is 0 Å². The van der Waals surface area contributed by atoms with Crippen molar-refractivity contribution in [2.75, 3.05) is 0 Å². The molecule has 2 rings (SSSR count). The van der Waals surface area contributed by atoms with Crippen molar-refractivity contribution in [3.8, 4) is 5.69 Å². The molecule has 0 saturated carbocycles. The largest absolute Gasteiger partial charge is 0.304 e. The normalized spacial score (nSPS) is 11.8. The summed E-state index contributed by atoms with van der Waals surface area (Å²) in [6.45, 7) is 8.84. The van der Waals surface area contributed by atoms with Gasteiger partial charge in [0.25, 0.3) is 0 Å². The Kier molecular flexibility index (Phi) is 3.05. The molecule has 0 aliphatic rings. The van der Waals surface area contributed by atoms with Crippen molar-refractivity contribution in [3.05, 3.63) is 48.0 Å². The average Bonchev–Trinajstić information content (AvgIpc) is 2.63. The van der Waals surface area contributed by atoms with Crippen LogP contribution in [0.2, 0.25) is 0 Å². The minimum absolute atomic E-state index is 0.296. The molecule has 1 heterocycles. The molecule has 0 radical (unpaired) electrons. The number of hydrogen-bond acceptors (Lipinski definition) is 1. The number of hydrogen-bond donors (Lipinski definition) is 0. The quantitative estimate of drug-likeness (QED) is 0.765. The zero-order chi connectivity index (χ0) is 12.5. The first-order valence-electron chi connectivity index (χ1n) is 6.06. The summed E-state index contributed by atoms with van der Waals surface area (Å²) in [5.74, 6) is 1.03. The van der Waals surface area contributed by atoms with Gasteiger partial charge in [-0.25, -0.2) is 4.98 Å². The SMILES string of the molecule is Cc1nccn1-c1ccccc1CC(C)(C)C. The van der Waals surface area contributed by atoms with E-state index in [2.05, 4.69) is 54.6 Å². The molecule has 0 spiro atoms. The monoisotopic (exact) mass is 228 g/mol. The van der Waals surface area contributed by atoms with Crippen molar-refractivity contribution in [2.24, 2.45) is 5.41 Å². The number of para-hydroxylation sites is 1. The van der Waals surface area contributed by atoms with Crippen molar-refractivity contribution >= 4 is 0 Å². The second kappa shape index (κ2) is 4.36. The van der Waals surface area contributed by atoms with E-state index in [4.69, 9.17) is 0 Å². The molecule has 0 fully saturated rings. The van der Waals surface area contributed by atoms with Gasteiger partial charge in [-0.3, -0.25) is 0 Å². The van der Waals surface area contributed by atoms with E-state index in [0.717, 1.165) is 12.2 Å². The number of aromatic nitrogens is 2. The van der Waals surface area contributed by atoms with Crippen molar-refractivity contribution in [1.82, 2.24) is 9.55 Å². The second-order valence-electron chi connectivity index (χ2n) is 5.71. The highest BCUT2D eigenvalue weighted by molar-refractivity contribution is 5.42. The Morgan fingerprint density at radius 1 is 1.18 bits per heavy atom. The molecule has 0 aliphatic heterocycles. The predicted octanol–water partition coefficient (Wildman–Crippen LogP) is 3.77. The Morgan fingerprint density at radius 3 is 2.47 bits per heavy atom. The van der Waals surface area contributed by atoms with E-state index in [1.165, 1.54) is 11.3 Å². The van der Waals surface area contributed by atoms with Gasteiger partial charge in [0.1, 0.15) is 5.82 Å². The van der Waals surface area contributed by atoms with Crippen LogP contribution in [0, 0.1) is 12.3 Å². The zero-order valence-electron chi connectivity index (χ0n) is 11.1. The smallest absolute Gasteiger partial charge is 0.110 e. The van der Waals surface area contributed by atoms with Gasteiger partial charge in [-0.15, -0.1) is 0 Å². The van der Waals surface area contributed by atoms with Crippen molar-refractivity contribution in [3.63, 3.8) is 0 Å². The lowest BCUT2D eigenvalue weighted by atomic mass is 9.87. The van der Waals surface area contributed by atoms with Crippen LogP contribution >= 0.6 is 0 Å². The maximum Gasteiger partial charge on any atom is 0.110 e. The maximum atomic E-state index is 4.29. The first-order chi connectivity index (χ1) is 7.97. The first kappa shape index (κ1) is 11.9. The summed E-state index contributed by atoms with van der Waals surface area (Å²) in [5, 5.41) is 0. The lowest BCUT2D eigenvalue weighted by Crippen LogP contribution is -2.12. The topological polar surface area (TPSA) is 17.8 Å². The molecular weight excluding hydrogens is 208 g/mol. The van der Waals surface area contributed by atoms with Crippen LogP contribution in [0.5, 0.6) is 0 Å². The lowest BCUT2D eigenvalue weighted by Gasteiger charge is -2.21. The number of rotatable bonds is 2. The van der Waals surface area contributed by atoms with Crippen molar-refractivity contribution in [1.29, 1.82) is 0 Å². The highest BCUT2D eigenvalue weighted by atomic mass is 15.1. The molecule has 0 N–H and O–H groups in total. The second-order valence-corrected chi connectivity index (χ2v) is 5.71. The summed E-state index contributed by atoms with van der Waals surface area (Å²) < 4.78 is 2.15. The average molecular weight is 228 g/mol. The van der Waals surface area contributed by atoms with E-state index < -0.39 is 0 Å². The first-order valence-corrected chi connectivity index (χ1v) is 6.06. The zero-order valence-corrected chi connectivity index (χ0v) is 11.1. The Bertz CT molecular complexity index is 504. The van der Waals surface area contributed by atoms with Gasteiger partial charge in [0.05, 0.1) is 0 Å². The molecule has 2 nitrogen and oxygen atoms in total. The molecule has 1 aromatic heterocycles. The van der Waals surface area contributed by atoms with E-state index in [9.17, 15) is 0 Å². The van der Waals surface area contributed by atoms with Gasteiger partial charge in [-0.1, -0.05) is 39.0 Å². The van der Waals surface area contributed by atoms with Crippen LogP contribution < -0.4 is 0 Å². The minimum Gasteiger partial charge on any atom is -0.304 e. The third-order valence-corrected chi connectivity index (χ3v) is 2.80. The highest BCUT2D eigenvalue weighted by Crippen LogP contribution is 2.25. The van der Waals surface area contributed by atoms with Crippen LogP contribution in [-0.2, 0) is 6.42 Å². The summed E-state index contributed by atoms with van der Waals surface area (Å²) in [6.07, 6.45) is 4.95. The van der Waals surface area contributed by atoms with Crippen LogP contribution in [0.25, 0.3) is 5.69 Å². The van der Waals surface area contributed by atoms with Crippen molar-refractivity contribution < 1.29 is 0 Å². The van der Waals surface area contributed by atoms with E-state index in [-0.39, 0.29) is 0 Å². The van der Waals surface area contributed by atoms with Gasteiger partial charge in [0, 0.05) is 18.1 Å². The molecule has 2 aromatic rings. The summed E-state index contributed by atoms with van der Waals surface area (Å²) in [5.41, 5.74) is 2.92. The predicted molar refractivity (Wildman–Crippen MR) is 71.5 cm³/mol. The molecule has 0 unspecified atom stereocenters. The van der Waals surface area contributed by atoms with Gasteiger partial charge < -0.3 is 4.57 Å². The fourth-order valence-corrected chi connectivity index (χ4v) is 2.10. The van der Waals surface area contributed by atoms with Gasteiger partial charge in [-0.05, 0) is 30.4 Å². The van der Waals surface area contributed by atoms with E-state index in [1.807, 2.05) is 19.3 Å². The molecule has 1 aromatic carbocycles. The molecular formula is C15H20N2. The summed E-state index contributed by atoms with van der Waals surface area (Å²) in [4.78, 5) is 4.29. The van der Waals surface area contributed by atoms with Crippen LogP contribution in [0.3, 0.4) is 0 Å². The third kappa shape index (κ3) is 2.76. The number of nitrogens with zero attached hydrogens (tertiary/aromatic N) is 2. The Labute approximate surface area is 103 Å². The van der Waals surface area contributed by atoms with Crippen LogP contribution in [0.1, 0.15) is 32.2 Å². The Hall–Kier alpha value is -1.57. The van der Waals surface area contributed by atoms with Crippen molar-refractivity contribution in [2.45, 2.75) is 34.1 Å². The number of benzene rings is 1.